The standard InChI is InChI=1S/C5H5NO2S2/c1-4-2-3-9-5(4)6-10(7)8/h2-3H,1H3. The summed E-state index contributed by atoms with van der Waals surface area (Å²) in [6.07, 6.45) is 0. The highest BCUT2D eigenvalue weighted by Gasteiger charge is 1.95. The molecule has 0 saturated carbocycles. The molecule has 1 rings (SSSR count). The lowest BCUT2D eigenvalue weighted by atomic mass is 10.4. The second kappa shape index (κ2) is 2.94. The maximum atomic E-state index is 10.1. The Morgan fingerprint density at radius 3 is 2.70 bits per heavy atom. The molecule has 0 aromatic carbocycles. The molecule has 1 aromatic heterocycles. The van der Waals surface area contributed by atoms with Crippen molar-refractivity contribution in [3.05, 3.63) is 17.0 Å². The molecule has 0 aliphatic carbocycles. The predicted octanol–water partition coefficient (Wildman–Crippen LogP) is 1.75. The van der Waals surface area contributed by atoms with Gasteiger partial charge in [0.25, 0.3) is 0 Å². The van der Waals surface area contributed by atoms with Crippen molar-refractivity contribution in [2.75, 3.05) is 0 Å². The Hall–Kier alpha value is -0.680. The third kappa shape index (κ3) is 1.65. The number of nitrogens with zero attached hydrogens (tertiary/aromatic N) is 1. The van der Waals surface area contributed by atoms with Crippen molar-refractivity contribution in [1.29, 1.82) is 0 Å². The molecule has 0 aliphatic rings. The molecule has 1 heterocycles. The van der Waals surface area contributed by atoms with Gasteiger partial charge in [0.1, 0.15) is 5.00 Å². The van der Waals surface area contributed by atoms with E-state index in [1.54, 1.807) is 5.38 Å². The SMILES string of the molecule is Cc1ccsc1N=S(=O)=O. The summed E-state index contributed by atoms with van der Waals surface area (Å²) in [7, 11) is -2.32. The molecule has 0 unspecified atom stereocenters. The van der Waals surface area contributed by atoms with Gasteiger partial charge in [0.05, 0.1) is 0 Å². The van der Waals surface area contributed by atoms with Crippen LogP contribution in [-0.2, 0) is 10.5 Å². The number of hydrogen-bond acceptors (Lipinski definition) is 4. The Morgan fingerprint density at radius 1 is 1.60 bits per heavy atom. The van der Waals surface area contributed by atoms with Crippen molar-refractivity contribution < 1.29 is 8.42 Å². The van der Waals surface area contributed by atoms with E-state index in [1.165, 1.54) is 11.3 Å². The highest BCUT2D eigenvalue weighted by atomic mass is 32.2. The maximum absolute atomic E-state index is 10.1. The van der Waals surface area contributed by atoms with Crippen LogP contribution in [-0.4, -0.2) is 8.42 Å². The average molecular weight is 175 g/mol. The van der Waals surface area contributed by atoms with Gasteiger partial charge in [-0.25, -0.2) is 0 Å². The number of hydrogen-bond donors (Lipinski definition) is 0. The number of rotatable bonds is 1. The van der Waals surface area contributed by atoms with Crippen LogP contribution < -0.4 is 0 Å². The van der Waals surface area contributed by atoms with Gasteiger partial charge in [0, 0.05) is 0 Å². The molecule has 0 aliphatic heterocycles. The highest BCUT2D eigenvalue weighted by Crippen LogP contribution is 2.24. The minimum Gasteiger partial charge on any atom is -0.163 e. The first-order chi connectivity index (χ1) is 4.70. The molecule has 0 radical (unpaired) electrons. The normalized spacial score (nSPS) is 9.30. The summed E-state index contributed by atoms with van der Waals surface area (Å²) in [5, 5.41) is 2.37. The van der Waals surface area contributed by atoms with Crippen LogP contribution in [0.1, 0.15) is 5.56 Å². The molecule has 0 amide bonds. The summed E-state index contributed by atoms with van der Waals surface area (Å²) in [5.41, 5.74) is 0.897. The highest BCUT2D eigenvalue weighted by molar-refractivity contribution is 7.62. The fourth-order valence-electron chi connectivity index (χ4n) is 0.526. The van der Waals surface area contributed by atoms with Gasteiger partial charge >= 0.3 is 10.5 Å². The van der Waals surface area contributed by atoms with Crippen LogP contribution in [0.5, 0.6) is 0 Å². The largest absolute Gasteiger partial charge is 0.317 e. The Labute approximate surface area is 64.0 Å². The van der Waals surface area contributed by atoms with Crippen LogP contribution in [0, 0.1) is 6.92 Å². The zero-order valence-corrected chi connectivity index (χ0v) is 6.87. The molecular weight excluding hydrogens is 170 g/mol. The molecule has 0 atom stereocenters. The summed E-state index contributed by atoms with van der Waals surface area (Å²) in [6.45, 7) is 1.82. The van der Waals surface area contributed by atoms with Crippen molar-refractivity contribution >= 4 is 26.8 Å². The van der Waals surface area contributed by atoms with E-state index >= 15 is 0 Å². The molecule has 10 heavy (non-hydrogen) atoms. The fraction of sp³-hybridized carbons (Fsp3) is 0.200. The first-order valence-corrected chi connectivity index (χ1v) is 4.46. The molecule has 1 aromatic rings. The van der Waals surface area contributed by atoms with Gasteiger partial charge in [0.2, 0.25) is 0 Å². The third-order valence-corrected chi connectivity index (χ3v) is 2.35. The van der Waals surface area contributed by atoms with E-state index in [-0.39, 0.29) is 0 Å². The van der Waals surface area contributed by atoms with E-state index in [0.29, 0.717) is 5.00 Å². The Bertz CT molecular complexity index is 341. The molecule has 3 nitrogen and oxygen atoms in total. The predicted molar refractivity (Wildman–Crippen MR) is 40.1 cm³/mol. The molecule has 54 valence electrons. The number of thiophene rings is 1. The van der Waals surface area contributed by atoms with E-state index in [2.05, 4.69) is 4.36 Å². The molecule has 0 bridgehead atoms. The molecule has 0 fully saturated rings. The Balaban J connectivity index is 3.19. The first kappa shape index (κ1) is 7.43. The third-order valence-electron chi connectivity index (χ3n) is 0.993. The molecule has 0 spiro atoms. The molecule has 0 saturated heterocycles. The van der Waals surface area contributed by atoms with E-state index < -0.39 is 10.5 Å². The van der Waals surface area contributed by atoms with Gasteiger partial charge in [0.15, 0.2) is 0 Å². The number of aryl methyl sites for hydroxylation is 1. The molecule has 5 heteroatoms. The van der Waals surface area contributed by atoms with Crippen molar-refractivity contribution in [1.82, 2.24) is 0 Å². The van der Waals surface area contributed by atoms with Crippen molar-refractivity contribution in [2.24, 2.45) is 4.36 Å². The van der Waals surface area contributed by atoms with Gasteiger partial charge in [-0.2, -0.15) is 8.42 Å². The zero-order chi connectivity index (χ0) is 7.56. The van der Waals surface area contributed by atoms with E-state index in [9.17, 15) is 8.42 Å². The monoisotopic (exact) mass is 175 g/mol. The van der Waals surface area contributed by atoms with E-state index in [0.717, 1.165) is 5.56 Å². The van der Waals surface area contributed by atoms with Crippen LogP contribution in [0.15, 0.2) is 15.8 Å². The topological polar surface area (TPSA) is 46.5 Å². The minimum absolute atomic E-state index is 0.563. The van der Waals surface area contributed by atoms with Crippen LogP contribution in [0.4, 0.5) is 5.00 Å². The quantitative estimate of drug-likeness (QED) is 0.652. The minimum atomic E-state index is -2.32. The smallest absolute Gasteiger partial charge is 0.163 e. The summed E-state index contributed by atoms with van der Waals surface area (Å²) in [6, 6.07) is 1.83. The van der Waals surface area contributed by atoms with Crippen LogP contribution in [0.2, 0.25) is 0 Å². The van der Waals surface area contributed by atoms with Gasteiger partial charge in [-0.15, -0.1) is 15.7 Å². The Morgan fingerprint density at radius 2 is 2.30 bits per heavy atom. The van der Waals surface area contributed by atoms with Crippen molar-refractivity contribution in [3.63, 3.8) is 0 Å². The Kier molecular flexibility index (Phi) is 2.18. The lowest BCUT2D eigenvalue weighted by molar-refractivity contribution is 0.622. The van der Waals surface area contributed by atoms with Crippen molar-refractivity contribution in [2.45, 2.75) is 6.92 Å². The molecule has 0 N–H and O–H groups in total. The van der Waals surface area contributed by atoms with Crippen LogP contribution in [0.3, 0.4) is 0 Å². The van der Waals surface area contributed by atoms with E-state index in [1.807, 2.05) is 13.0 Å². The average Bonchev–Trinajstić information content (AvgIpc) is 2.15. The van der Waals surface area contributed by atoms with Gasteiger partial charge < -0.3 is 0 Å². The molecular formula is C5H5NO2S2. The summed E-state index contributed by atoms with van der Waals surface area (Å²) in [5.74, 6) is 0. The lowest BCUT2D eigenvalue weighted by Crippen LogP contribution is -1.60. The maximum Gasteiger partial charge on any atom is 0.317 e. The zero-order valence-electron chi connectivity index (χ0n) is 5.23. The van der Waals surface area contributed by atoms with E-state index in [4.69, 9.17) is 0 Å². The van der Waals surface area contributed by atoms with Crippen LogP contribution >= 0.6 is 11.3 Å². The fourth-order valence-corrected chi connectivity index (χ4v) is 1.82. The second-order valence-electron chi connectivity index (χ2n) is 1.72. The van der Waals surface area contributed by atoms with Gasteiger partial charge in [-0.1, -0.05) is 0 Å². The summed E-state index contributed by atoms with van der Waals surface area (Å²) < 4.78 is 23.5. The van der Waals surface area contributed by atoms with Crippen LogP contribution in [0.25, 0.3) is 0 Å². The van der Waals surface area contributed by atoms with Gasteiger partial charge in [-0.3, -0.25) is 0 Å². The lowest BCUT2D eigenvalue weighted by Gasteiger charge is -1.80. The summed E-state index contributed by atoms with van der Waals surface area (Å²) in [4.78, 5) is 0. The second-order valence-corrected chi connectivity index (χ2v) is 3.23. The van der Waals surface area contributed by atoms with Crippen molar-refractivity contribution in [3.8, 4) is 0 Å². The first-order valence-electron chi connectivity index (χ1n) is 2.55. The summed E-state index contributed by atoms with van der Waals surface area (Å²) >= 11 is 1.32. The van der Waals surface area contributed by atoms with Gasteiger partial charge in [-0.05, 0) is 23.9 Å².